The first-order valence-electron chi connectivity index (χ1n) is 3.57. The Kier molecular flexibility index (Phi) is 33.8. The van der Waals surface area contributed by atoms with Crippen molar-refractivity contribution in [2.45, 2.75) is 6.92 Å². The van der Waals surface area contributed by atoms with E-state index in [4.69, 9.17) is 5.11 Å². The van der Waals surface area contributed by atoms with E-state index in [0.29, 0.717) is 0 Å². The summed E-state index contributed by atoms with van der Waals surface area (Å²) in [5.74, 6) is 0. The molecule has 0 bridgehead atoms. The smallest absolute Gasteiger partial charge is 0.855 e. The second kappa shape index (κ2) is 22.5. The van der Waals surface area contributed by atoms with E-state index in [1.807, 2.05) is 36.4 Å². The van der Waals surface area contributed by atoms with Gasteiger partial charge in [0.2, 0.25) is 0 Å². The predicted molar refractivity (Wildman–Crippen MR) is 47.1 cm³/mol. The zero-order valence-electron chi connectivity index (χ0n) is 8.16. The summed E-state index contributed by atoms with van der Waals surface area (Å²) in [5, 5.41) is 8.93. The molecule has 0 aliphatic carbocycles. The molecule has 0 saturated carbocycles. The van der Waals surface area contributed by atoms with Gasteiger partial charge >= 0.3 is 29.6 Å². The third kappa shape index (κ3) is 22.5. The van der Waals surface area contributed by atoms with Crippen molar-refractivity contribution in [2.75, 3.05) is 13.7 Å². The van der Waals surface area contributed by atoms with E-state index in [0.717, 1.165) is 0 Å². The fraction of sp³-hybridized carbons (Fsp3) is 0.333. The Bertz CT molecular complexity index is 97.4. The van der Waals surface area contributed by atoms with Crippen LogP contribution in [0.25, 0.3) is 0 Å². The van der Waals surface area contributed by atoms with Gasteiger partial charge in [-0.15, -0.1) is 6.61 Å². The average Bonchev–Trinajstić information content (AvgIpc) is 2.12. The van der Waals surface area contributed by atoms with Gasteiger partial charge < -0.3 is 10.8 Å². The van der Waals surface area contributed by atoms with Crippen LogP contribution in [-0.4, -0.2) is 13.7 Å². The van der Waals surface area contributed by atoms with Crippen LogP contribution in [0, 0.1) is 0 Å². The van der Waals surface area contributed by atoms with Gasteiger partial charge in [-0.25, -0.2) is 0 Å². The van der Waals surface area contributed by atoms with Gasteiger partial charge in [0, 0.05) is 0 Å². The third-order valence-electron chi connectivity index (χ3n) is 0.667. The van der Waals surface area contributed by atoms with Crippen molar-refractivity contribution in [3.05, 3.63) is 36.4 Å². The van der Waals surface area contributed by atoms with Gasteiger partial charge in [-0.05, 0) is 7.05 Å². The van der Waals surface area contributed by atoms with E-state index in [9.17, 15) is 0 Å². The molecular formula is C9H16NNaO. The van der Waals surface area contributed by atoms with Crippen LogP contribution in [0.5, 0.6) is 0 Å². The molecule has 0 aliphatic heterocycles. The quantitative estimate of drug-likeness (QED) is 0.450. The van der Waals surface area contributed by atoms with Gasteiger partial charge in [0.15, 0.2) is 0 Å². The minimum Gasteiger partial charge on any atom is -0.855 e. The fourth-order valence-corrected chi connectivity index (χ4v) is 0.385. The molecule has 0 fully saturated rings. The van der Waals surface area contributed by atoms with Crippen molar-refractivity contribution < 1.29 is 34.7 Å². The first kappa shape index (κ1) is 18.0. The Morgan fingerprint density at radius 1 is 0.917 bits per heavy atom. The number of rotatable bonds is 0. The molecular weight excluding hydrogens is 161 g/mol. The Morgan fingerprint density at radius 3 is 1.08 bits per heavy atom. The summed E-state index contributed by atoms with van der Waals surface area (Å²) in [5.41, 5.74) is 4.50. The normalized spacial score (nSPS) is 6.00. The van der Waals surface area contributed by atoms with Crippen LogP contribution in [0.15, 0.2) is 36.4 Å². The molecule has 0 heterocycles. The van der Waals surface area contributed by atoms with Crippen molar-refractivity contribution in [3.8, 4) is 0 Å². The van der Waals surface area contributed by atoms with E-state index in [-0.39, 0.29) is 36.2 Å². The molecule has 3 heteroatoms. The summed E-state index contributed by atoms with van der Waals surface area (Å²) in [4.78, 5) is 0. The molecule has 0 radical (unpaired) electrons. The van der Waals surface area contributed by atoms with Crippen LogP contribution in [0.4, 0.5) is 0 Å². The molecule has 0 saturated heterocycles. The zero-order valence-corrected chi connectivity index (χ0v) is 10.2. The largest absolute Gasteiger partial charge is 1.00 e. The van der Waals surface area contributed by atoms with E-state index in [2.05, 4.69) is 5.73 Å². The van der Waals surface area contributed by atoms with Gasteiger partial charge in [-0.2, -0.15) is 0 Å². The first-order chi connectivity index (χ1) is 5.41. The van der Waals surface area contributed by atoms with Gasteiger partial charge in [-0.1, -0.05) is 43.3 Å². The maximum atomic E-state index is 8.93. The van der Waals surface area contributed by atoms with Crippen LogP contribution in [0.3, 0.4) is 0 Å². The van der Waals surface area contributed by atoms with E-state index >= 15 is 0 Å². The molecule has 0 amide bonds. The molecule has 1 aromatic rings. The minimum atomic E-state index is 0. The van der Waals surface area contributed by atoms with E-state index < -0.39 is 0 Å². The molecule has 2 N–H and O–H groups in total. The zero-order chi connectivity index (χ0) is 8.95. The number of hydrogen-bond donors (Lipinski definition) is 1. The molecule has 1 rings (SSSR count). The number of benzene rings is 1. The summed E-state index contributed by atoms with van der Waals surface area (Å²) in [6.45, 7) is 1.57. The summed E-state index contributed by atoms with van der Waals surface area (Å²) >= 11 is 0. The van der Waals surface area contributed by atoms with Crippen LogP contribution in [0.1, 0.15) is 6.92 Å². The van der Waals surface area contributed by atoms with Crippen molar-refractivity contribution >= 4 is 0 Å². The summed E-state index contributed by atoms with van der Waals surface area (Å²) < 4.78 is 0. The Balaban J connectivity index is -0.000000119. The van der Waals surface area contributed by atoms with Crippen LogP contribution < -0.4 is 40.4 Å². The second-order valence-corrected chi connectivity index (χ2v) is 1.44. The van der Waals surface area contributed by atoms with Gasteiger partial charge in [0.05, 0.1) is 0 Å². The monoisotopic (exact) mass is 177 g/mol. The van der Waals surface area contributed by atoms with E-state index in [1.165, 1.54) is 7.05 Å². The maximum Gasteiger partial charge on any atom is 1.00 e. The van der Waals surface area contributed by atoms with Gasteiger partial charge in [0.25, 0.3) is 0 Å². The molecule has 0 aromatic heterocycles. The fourth-order valence-electron chi connectivity index (χ4n) is 0.385. The van der Waals surface area contributed by atoms with Crippen molar-refractivity contribution in [1.82, 2.24) is 0 Å². The molecule has 12 heavy (non-hydrogen) atoms. The molecule has 0 atom stereocenters. The SMILES string of the molecule is CC[O-].CN.[Na+].c1ccccc1. The topological polar surface area (TPSA) is 49.1 Å². The molecule has 0 aliphatic rings. The van der Waals surface area contributed by atoms with Crippen LogP contribution in [-0.2, 0) is 0 Å². The Hall–Kier alpha value is 0.140. The summed E-state index contributed by atoms with van der Waals surface area (Å²) in [6.07, 6.45) is 0. The van der Waals surface area contributed by atoms with E-state index in [1.54, 1.807) is 6.92 Å². The molecule has 0 spiro atoms. The van der Waals surface area contributed by atoms with Crippen molar-refractivity contribution in [1.29, 1.82) is 0 Å². The second-order valence-electron chi connectivity index (χ2n) is 1.44. The Morgan fingerprint density at radius 2 is 1.00 bits per heavy atom. The Labute approximate surface area is 97.1 Å². The van der Waals surface area contributed by atoms with Crippen LogP contribution >= 0.6 is 0 Å². The summed E-state index contributed by atoms with van der Waals surface area (Å²) in [6, 6.07) is 12.0. The molecule has 2 nitrogen and oxygen atoms in total. The molecule has 1 aromatic carbocycles. The minimum absolute atomic E-state index is 0. The maximum absolute atomic E-state index is 8.93. The first-order valence-corrected chi connectivity index (χ1v) is 3.57. The predicted octanol–water partition coefficient (Wildman–Crippen LogP) is -2.37. The standard InChI is InChI=1S/C6H6.C2H5O.CH5N.Na/c1-2-4-6-5-3-1;1-2-3;1-2;/h1-6H;2H2,1H3;2H2,1H3;/q;-1;;+1. The van der Waals surface area contributed by atoms with Gasteiger partial charge in [0.1, 0.15) is 0 Å². The van der Waals surface area contributed by atoms with Crippen LogP contribution in [0.2, 0.25) is 0 Å². The third-order valence-corrected chi connectivity index (χ3v) is 0.667. The number of nitrogens with two attached hydrogens (primary N) is 1. The molecule has 0 unspecified atom stereocenters. The van der Waals surface area contributed by atoms with Gasteiger partial charge in [-0.3, -0.25) is 0 Å². The molecule has 64 valence electrons. The van der Waals surface area contributed by atoms with Crippen molar-refractivity contribution in [3.63, 3.8) is 0 Å². The number of hydrogen-bond acceptors (Lipinski definition) is 2. The summed E-state index contributed by atoms with van der Waals surface area (Å²) in [7, 11) is 1.50. The average molecular weight is 177 g/mol. The van der Waals surface area contributed by atoms with Crippen molar-refractivity contribution in [2.24, 2.45) is 5.73 Å².